The van der Waals surface area contributed by atoms with Crippen molar-refractivity contribution in [1.82, 2.24) is 9.38 Å². The van der Waals surface area contributed by atoms with E-state index >= 15 is 0 Å². The Morgan fingerprint density at radius 2 is 2.05 bits per heavy atom. The molecule has 0 amide bonds. The molecule has 0 unspecified atom stereocenters. The largest absolute Gasteiger partial charge is 0.495 e. The Bertz CT molecular complexity index is 645. The fraction of sp³-hybridized carbons (Fsp3) is 0.308. The van der Waals surface area contributed by atoms with E-state index in [1.54, 1.807) is 29.8 Å². The lowest BCUT2D eigenvalue weighted by atomic mass is 10.3. The molecule has 2 aromatic rings. The van der Waals surface area contributed by atoms with E-state index in [1.165, 1.54) is 14.0 Å². The quantitative estimate of drug-likeness (QED) is 0.776. The highest BCUT2D eigenvalue weighted by Crippen LogP contribution is 2.19. The Hall–Kier alpha value is -2.37. The predicted molar refractivity (Wildman–Crippen MR) is 67.5 cm³/mol. The fourth-order valence-electron chi connectivity index (χ4n) is 1.84. The molecular formula is C13H14N2O4. The van der Waals surface area contributed by atoms with Gasteiger partial charge < -0.3 is 9.47 Å². The van der Waals surface area contributed by atoms with Crippen LogP contribution in [0.4, 0.5) is 0 Å². The molecule has 2 rings (SSSR count). The number of aromatic nitrogens is 2. The molecule has 0 atom stereocenters. The molecule has 0 aliphatic carbocycles. The topological polar surface area (TPSA) is 69.9 Å². The molecule has 0 fully saturated rings. The average molecular weight is 262 g/mol. The summed E-state index contributed by atoms with van der Waals surface area (Å²) in [5.74, 6) is 0.538. The van der Waals surface area contributed by atoms with Crippen LogP contribution in [0.1, 0.15) is 23.2 Å². The van der Waals surface area contributed by atoms with Gasteiger partial charge in [0.2, 0.25) is 0 Å². The molecule has 0 saturated carbocycles. The molecular weight excluding hydrogens is 248 g/mol. The zero-order valence-corrected chi connectivity index (χ0v) is 11.0. The van der Waals surface area contributed by atoms with E-state index in [9.17, 15) is 9.59 Å². The number of rotatable bonds is 4. The summed E-state index contributed by atoms with van der Waals surface area (Å²) >= 11 is 0. The minimum Gasteiger partial charge on any atom is -0.495 e. The summed E-state index contributed by atoms with van der Waals surface area (Å²) in [4.78, 5) is 27.1. The Morgan fingerprint density at radius 1 is 1.32 bits per heavy atom. The Kier molecular flexibility index (Phi) is 3.50. The number of pyridine rings is 1. The second kappa shape index (κ2) is 5.09. The number of imidazole rings is 1. The molecule has 0 spiro atoms. The number of methoxy groups -OCH3 is 2. The van der Waals surface area contributed by atoms with Gasteiger partial charge in [0.25, 0.3) is 0 Å². The van der Waals surface area contributed by atoms with Gasteiger partial charge in [-0.1, -0.05) is 0 Å². The van der Waals surface area contributed by atoms with Gasteiger partial charge in [0.15, 0.2) is 5.69 Å². The minimum absolute atomic E-state index is 0.0360. The zero-order chi connectivity index (χ0) is 14.0. The maximum absolute atomic E-state index is 11.7. The molecule has 2 aromatic heterocycles. The zero-order valence-electron chi connectivity index (χ0n) is 11.0. The molecule has 0 aliphatic rings. The molecule has 0 aliphatic heterocycles. The van der Waals surface area contributed by atoms with Crippen LogP contribution in [0.2, 0.25) is 0 Å². The number of ketones is 1. The normalized spacial score (nSPS) is 10.5. The van der Waals surface area contributed by atoms with Gasteiger partial charge in [-0.2, -0.15) is 0 Å². The molecule has 6 heteroatoms. The summed E-state index contributed by atoms with van der Waals surface area (Å²) in [5, 5.41) is 0. The fourth-order valence-corrected chi connectivity index (χ4v) is 1.84. The van der Waals surface area contributed by atoms with Crippen molar-refractivity contribution in [2.24, 2.45) is 0 Å². The van der Waals surface area contributed by atoms with Crippen LogP contribution in [0.3, 0.4) is 0 Å². The first-order valence-corrected chi connectivity index (χ1v) is 5.69. The maximum atomic E-state index is 11.7. The van der Waals surface area contributed by atoms with E-state index in [0.717, 1.165) is 0 Å². The molecule has 2 heterocycles. The number of nitrogens with zero attached hydrogens (tertiary/aromatic N) is 2. The summed E-state index contributed by atoms with van der Waals surface area (Å²) in [5.41, 5.74) is 0.783. The number of fused-ring (bicyclic) bond motifs is 1. The van der Waals surface area contributed by atoms with Crippen molar-refractivity contribution in [2.45, 2.75) is 13.3 Å². The van der Waals surface area contributed by atoms with E-state index in [-0.39, 0.29) is 17.9 Å². The van der Waals surface area contributed by atoms with Gasteiger partial charge in [0.05, 0.1) is 32.4 Å². The summed E-state index contributed by atoms with van der Waals surface area (Å²) < 4.78 is 11.5. The molecule has 0 aromatic carbocycles. The molecule has 0 N–H and O–H groups in total. The van der Waals surface area contributed by atoms with Gasteiger partial charge in [-0.15, -0.1) is 0 Å². The highest BCUT2D eigenvalue weighted by atomic mass is 16.5. The molecule has 6 nitrogen and oxygen atoms in total. The lowest BCUT2D eigenvalue weighted by Gasteiger charge is -2.03. The predicted octanol–water partition coefficient (Wildman–Crippen LogP) is 1.26. The first-order chi connectivity index (χ1) is 9.06. The summed E-state index contributed by atoms with van der Waals surface area (Å²) in [6, 6.07) is 3.43. The maximum Gasteiger partial charge on any atom is 0.358 e. The number of hydrogen-bond donors (Lipinski definition) is 0. The van der Waals surface area contributed by atoms with Crippen LogP contribution in [0.25, 0.3) is 5.52 Å². The third-order valence-corrected chi connectivity index (χ3v) is 2.70. The highest BCUT2D eigenvalue weighted by molar-refractivity contribution is 5.95. The molecule has 0 bridgehead atoms. The van der Waals surface area contributed by atoms with Gasteiger partial charge in [-0.25, -0.2) is 9.78 Å². The second-order valence-electron chi connectivity index (χ2n) is 4.07. The van der Waals surface area contributed by atoms with Gasteiger partial charge in [-0.3, -0.25) is 9.20 Å². The average Bonchev–Trinajstić information content (AvgIpc) is 2.75. The van der Waals surface area contributed by atoms with Crippen molar-refractivity contribution in [3.8, 4) is 5.75 Å². The van der Waals surface area contributed by atoms with Crippen LogP contribution < -0.4 is 4.74 Å². The Morgan fingerprint density at radius 3 is 2.63 bits per heavy atom. The van der Waals surface area contributed by atoms with Gasteiger partial charge in [-0.05, 0) is 19.1 Å². The van der Waals surface area contributed by atoms with Crippen molar-refractivity contribution in [2.75, 3.05) is 14.2 Å². The third kappa shape index (κ3) is 2.42. The Labute approximate surface area is 110 Å². The third-order valence-electron chi connectivity index (χ3n) is 2.70. The van der Waals surface area contributed by atoms with Gasteiger partial charge in [0.1, 0.15) is 17.4 Å². The van der Waals surface area contributed by atoms with Crippen LogP contribution in [-0.4, -0.2) is 35.4 Å². The number of esters is 1. The van der Waals surface area contributed by atoms with Crippen molar-refractivity contribution in [1.29, 1.82) is 0 Å². The lowest BCUT2D eigenvalue weighted by molar-refractivity contribution is -0.116. The van der Waals surface area contributed by atoms with Crippen molar-refractivity contribution in [3.05, 3.63) is 29.8 Å². The molecule has 19 heavy (non-hydrogen) atoms. The summed E-state index contributed by atoms with van der Waals surface area (Å²) in [7, 11) is 2.84. The van der Waals surface area contributed by atoms with Crippen molar-refractivity contribution < 1.29 is 19.1 Å². The summed E-state index contributed by atoms with van der Waals surface area (Å²) in [6.07, 6.45) is 1.83. The molecule has 0 radical (unpaired) electrons. The van der Waals surface area contributed by atoms with E-state index in [0.29, 0.717) is 17.1 Å². The van der Waals surface area contributed by atoms with E-state index in [2.05, 4.69) is 9.72 Å². The first kappa shape index (κ1) is 13.1. The van der Waals surface area contributed by atoms with Gasteiger partial charge >= 0.3 is 5.97 Å². The van der Waals surface area contributed by atoms with Crippen molar-refractivity contribution >= 4 is 17.3 Å². The number of carbonyl (C=O) groups is 2. The summed E-state index contributed by atoms with van der Waals surface area (Å²) in [6.45, 7) is 1.47. The van der Waals surface area contributed by atoms with E-state index < -0.39 is 5.97 Å². The van der Waals surface area contributed by atoms with E-state index in [4.69, 9.17) is 4.74 Å². The standard InChI is InChI=1S/C13H14N2O4/c1-8(16)6-11-14-12(13(17)19-3)10-5-4-9(18-2)7-15(10)11/h4-5,7H,6H2,1-3H3. The van der Waals surface area contributed by atoms with Crippen molar-refractivity contribution in [3.63, 3.8) is 0 Å². The van der Waals surface area contributed by atoms with Crippen LogP contribution >= 0.6 is 0 Å². The highest BCUT2D eigenvalue weighted by Gasteiger charge is 2.19. The van der Waals surface area contributed by atoms with E-state index in [1.807, 2.05) is 0 Å². The smallest absolute Gasteiger partial charge is 0.358 e. The van der Waals surface area contributed by atoms with Crippen LogP contribution in [0, 0.1) is 0 Å². The lowest BCUT2D eigenvalue weighted by Crippen LogP contribution is -2.03. The molecule has 0 saturated heterocycles. The minimum atomic E-state index is -0.530. The number of carbonyl (C=O) groups excluding carboxylic acids is 2. The number of ether oxygens (including phenoxy) is 2. The monoisotopic (exact) mass is 262 g/mol. The number of Topliss-reactive ketones (excluding diaryl/α,β-unsaturated/α-hetero) is 1. The Balaban J connectivity index is 2.65. The van der Waals surface area contributed by atoms with Gasteiger partial charge in [0, 0.05) is 0 Å². The second-order valence-corrected chi connectivity index (χ2v) is 4.07. The van der Waals surface area contributed by atoms with Crippen LogP contribution in [0.15, 0.2) is 18.3 Å². The van der Waals surface area contributed by atoms with Crippen LogP contribution in [0.5, 0.6) is 5.75 Å². The SMILES string of the molecule is COC(=O)c1nc(CC(C)=O)n2cc(OC)ccc12. The van der Waals surface area contributed by atoms with Crippen LogP contribution in [-0.2, 0) is 16.0 Å². The first-order valence-electron chi connectivity index (χ1n) is 5.69. The number of hydrogen-bond acceptors (Lipinski definition) is 5. The molecule has 100 valence electrons.